The van der Waals surface area contributed by atoms with Gasteiger partial charge in [-0.1, -0.05) is 0 Å². The summed E-state index contributed by atoms with van der Waals surface area (Å²) in [6.07, 6.45) is 2.18. The van der Waals surface area contributed by atoms with Crippen molar-refractivity contribution < 1.29 is 8.56 Å². The number of ketones is 1. The van der Waals surface area contributed by atoms with E-state index in [-0.39, 0.29) is 13.7 Å². The first kappa shape index (κ1) is 16.6. The normalized spacial score (nSPS) is 15.5. The zero-order valence-electron chi connectivity index (χ0n) is 11.7. The molecule has 0 aliphatic heterocycles. The Hall–Kier alpha value is 0.603. The summed E-state index contributed by atoms with van der Waals surface area (Å²) < 4.78 is 6.31. The molecule has 0 saturated carbocycles. The van der Waals surface area contributed by atoms with E-state index in [1.165, 1.54) is 10.5 Å². The van der Waals surface area contributed by atoms with E-state index in [2.05, 4.69) is 27.7 Å². The summed E-state index contributed by atoms with van der Waals surface area (Å²) in [6.45, 7) is 12.5. The number of carbonyl (C=O) groups is 1. The second-order valence-corrected chi connectivity index (χ2v) is 14.0. The van der Waals surface area contributed by atoms with Gasteiger partial charge in [0.2, 0.25) is 0 Å². The summed E-state index contributed by atoms with van der Waals surface area (Å²) in [7, 11) is -0.310. The molecule has 0 amide bonds. The second-order valence-electron chi connectivity index (χ2n) is 4.27. The number of carbonyl (C=O) groups excluding carboxylic acids is 1. The molecule has 16 heavy (non-hydrogen) atoms. The minimum absolute atomic E-state index is 0.236. The van der Waals surface area contributed by atoms with Crippen molar-refractivity contribution in [1.29, 1.82) is 0 Å². The molecule has 0 N–H and O–H groups in total. The third kappa shape index (κ3) is 4.12. The van der Waals surface area contributed by atoms with Gasteiger partial charge in [-0.25, -0.2) is 0 Å². The van der Waals surface area contributed by atoms with Crippen molar-refractivity contribution >= 4 is 28.4 Å². The summed E-state index contributed by atoms with van der Waals surface area (Å²) in [5, 5.41) is 1.89. The number of Topliss-reactive ketones (excluding diaryl/α,β-unsaturated/α-hetero) is 1. The van der Waals surface area contributed by atoms with Gasteiger partial charge in [0.15, 0.2) is 0 Å². The van der Waals surface area contributed by atoms with Gasteiger partial charge in [-0.05, 0) is 0 Å². The molecule has 0 fully saturated rings. The average molecular weight is 307 g/mol. The maximum atomic E-state index is 11.9. The van der Waals surface area contributed by atoms with Crippen molar-refractivity contribution in [2.75, 3.05) is 12.3 Å². The Morgan fingerprint density at radius 2 is 1.62 bits per heavy atom. The van der Waals surface area contributed by atoms with Crippen LogP contribution in [0.25, 0.3) is 0 Å². The van der Waals surface area contributed by atoms with E-state index >= 15 is 0 Å². The van der Waals surface area contributed by atoms with E-state index in [4.69, 9.17) is 3.76 Å². The summed E-state index contributed by atoms with van der Waals surface area (Å²) >= 11 is -1.65. The molecule has 0 spiro atoms. The molecule has 1 atom stereocenters. The number of rotatable bonds is 8. The van der Waals surface area contributed by atoms with Crippen molar-refractivity contribution in [1.82, 2.24) is 0 Å². The van der Waals surface area contributed by atoms with Gasteiger partial charge in [0.1, 0.15) is 0 Å². The van der Waals surface area contributed by atoms with E-state index in [1.807, 2.05) is 6.92 Å². The molecule has 0 rings (SSSR count). The molecule has 0 saturated heterocycles. The van der Waals surface area contributed by atoms with Crippen molar-refractivity contribution in [2.24, 2.45) is 0 Å². The first-order chi connectivity index (χ1) is 7.46. The van der Waals surface area contributed by atoms with E-state index in [9.17, 15) is 4.79 Å². The zero-order chi connectivity index (χ0) is 12.8. The van der Waals surface area contributed by atoms with Crippen molar-refractivity contribution in [2.45, 2.75) is 57.4 Å². The van der Waals surface area contributed by atoms with Crippen LogP contribution in [0.1, 0.15) is 41.5 Å². The van der Waals surface area contributed by atoms with Crippen LogP contribution < -0.4 is 0 Å². The van der Waals surface area contributed by atoms with Gasteiger partial charge >= 0.3 is 107 Å². The third-order valence-corrected chi connectivity index (χ3v) is 12.4. The van der Waals surface area contributed by atoms with Crippen molar-refractivity contribution in [3.8, 4) is 0 Å². The standard InChI is InChI=1S/C12H27GeO2P/c1-7-13(8-2)15-12(6,11(5)14)16(9-3)10-4/h13H,7-10H2,1-6H3. The molecule has 2 nitrogen and oxygen atoms in total. The fourth-order valence-electron chi connectivity index (χ4n) is 1.99. The van der Waals surface area contributed by atoms with Crippen LogP contribution in [0.3, 0.4) is 0 Å². The second kappa shape index (κ2) is 7.84. The van der Waals surface area contributed by atoms with Crippen LogP contribution in [0.15, 0.2) is 0 Å². The Balaban J connectivity index is 4.87. The molecule has 0 aromatic carbocycles. The SMILES string of the molecule is CCP(CC)C(C)([O][GeH]([CH2]C)[CH2]C)C(C)=O. The van der Waals surface area contributed by atoms with E-state index in [0.717, 1.165) is 12.3 Å². The van der Waals surface area contributed by atoms with Gasteiger partial charge in [0, 0.05) is 0 Å². The molecule has 0 aromatic rings. The minimum atomic E-state index is -1.65. The topological polar surface area (TPSA) is 26.3 Å². The van der Waals surface area contributed by atoms with Gasteiger partial charge in [-0.2, -0.15) is 0 Å². The number of hydrogen-bond acceptors (Lipinski definition) is 2. The van der Waals surface area contributed by atoms with Crippen LogP contribution in [0.2, 0.25) is 10.5 Å². The molecule has 0 aliphatic carbocycles. The van der Waals surface area contributed by atoms with Crippen LogP contribution in [-0.4, -0.2) is 38.1 Å². The first-order valence-corrected chi connectivity index (χ1v) is 12.5. The average Bonchev–Trinajstić information content (AvgIpc) is 2.27. The molecule has 0 bridgehead atoms. The monoisotopic (exact) mass is 308 g/mol. The van der Waals surface area contributed by atoms with E-state index < -0.39 is 20.0 Å². The summed E-state index contributed by atoms with van der Waals surface area (Å²) in [6, 6.07) is 0. The van der Waals surface area contributed by atoms with Gasteiger partial charge in [0.05, 0.1) is 0 Å². The van der Waals surface area contributed by atoms with Gasteiger partial charge in [-0.3, -0.25) is 0 Å². The third-order valence-electron chi connectivity index (χ3n) is 3.33. The fraction of sp³-hybridized carbons (Fsp3) is 0.917. The predicted octanol–water partition coefficient (Wildman–Crippen LogP) is 3.59. The Kier molecular flexibility index (Phi) is 8.13. The van der Waals surface area contributed by atoms with Gasteiger partial charge < -0.3 is 0 Å². The van der Waals surface area contributed by atoms with Crippen LogP contribution in [0.5, 0.6) is 0 Å². The first-order valence-electron chi connectivity index (χ1n) is 6.39. The predicted molar refractivity (Wildman–Crippen MR) is 76.3 cm³/mol. The van der Waals surface area contributed by atoms with Crippen LogP contribution in [-0.2, 0) is 8.56 Å². The van der Waals surface area contributed by atoms with E-state index in [1.54, 1.807) is 6.92 Å². The molecule has 0 radical (unpaired) electrons. The Morgan fingerprint density at radius 3 is 1.88 bits per heavy atom. The molecular formula is C12H27GeO2P. The Bertz CT molecular complexity index is 215. The van der Waals surface area contributed by atoms with Crippen LogP contribution in [0, 0.1) is 0 Å². The van der Waals surface area contributed by atoms with Crippen molar-refractivity contribution in [3.63, 3.8) is 0 Å². The molecule has 0 aromatic heterocycles. The molecule has 4 heteroatoms. The summed E-state index contributed by atoms with van der Waals surface area (Å²) in [4.78, 5) is 11.9. The van der Waals surface area contributed by atoms with Gasteiger partial charge in [-0.15, -0.1) is 0 Å². The quantitative estimate of drug-likeness (QED) is 0.506. The number of hydrogen-bond donors (Lipinski definition) is 0. The van der Waals surface area contributed by atoms with Crippen molar-refractivity contribution in [3.05, 3.63) is 0 Å². The van der Waals surface area contributed by atoms with Crippen LogP contribution in [0.4, 0.5) is 0 Å². The molecule has 0 heterocycles. The molecule has 1 unspecified atom stereocenters. The molecular weight excluding hydrogens is 280 g/mol. The molecule has 96 valence electrons. The Morgan fingerprint density at radius 1 is 1.19 bits per heavy atom. The van der Waals surface area contributed by atoms with Crippen LogP contribution >= 0.6 is 7.92 Å². The maximum absolute atomic E-state index is 11.9. The summed E-state index contributed by atoms with van der Waals surface area (Å²) in [5.74, 6) is 0.236. The van der Waals surface area contributed by atoms with E-state index in [0.29, 0.717) is 0 Å². The fourth-order valence-corrected chi connectivity index (χ4v) is 9.57. The molecule has 0 aliphatic rings. The van der Waals surface area contributed by atoms with Gasteiger partial charge in [0.25, 0.3) is 0 Å². The zero-order valence-corrected chi connectivity index (χ0v) is 15.0. The Labute approximate surface area is 107 Å². The summed E-state index contributed by atoms with van der Waals surface area (Å²) in [5.41, 5.74) is 0.